The Labute approximate surface area is 151 Å². The van der Waals surface area contributed by atoms with Gasteiger partial charge in [0.2, 0.25) is 0 Å². The number of carbonyl (C=O) groups is 2. The number of aliphatic carboxylic acids is 1. The molecule has 0 heterocycles. The summed E-state index contributed by atoms with van der Waals surface area (Å²) >= 11 is 0. The maximum absolute atomic E-state index is 12.3. The molecular formula is C19H21NO6. The molecule has 0 aromatic heterocycles. The molecule has 0 atom stereocenters. The van der Waals surface area contributed by atoms with Crippen LogP contribution >= 0.6 is 0 Å². The predicted molar refractivity (Wildman–Crippen MR) is 94.2 cm³/mol. The Morgan fingerprint density at radius 3 is 2.27 bits per heavy atom. The largest absolute Gasteiger partial charge is 0.493 e. The van der Waals surface area contributed by atoms with E-state index >= 15 is 0 Å². The van der Waals surface area contributed by atoms with E-state index < -0.39 is 18.6 Å². The van der Waals surface area contributed by atoms with E-state index in [9.17, 15) is 9.59 Å². The Morgan fingerprint density at radius 1 is 0.962 bits per heavy atom. The first-order valence-corrected chi connectivity index (χ1v) is 7.91. The predicted octanol–water partition coefficient (Wildman–Crippen LogP) is 2.93. The molecule has 2 aromatic rings. The lowest BCUT2D eigenvalue weighted by Gasteiger charge is -2.21. The summed E-state index contributed by atoms with van der Waals surface area (Å²) in [7, 11) is 3.03. The number of hydrogen-bond donors (Lipinski definition) is 1. The van der Waals surface area contributed by atoms with E-state index in [0.29, 0.717) is 17.1 Å². The van der Waals surface area contributed by atoms with Gasteiger partial charge in [-0.15, -0.1) is 0 Å². The van der Waals surface area contributed by atoms with Crippen LogP contribution in [0.1, 0.15) is 11.1 Å². The third-order valence-electron chi connectivity index (χ3n) is 3.61. The van der Waals surface area contributed by atoms with Gasteiger partial charge in [-0.2, -0.15) is 0 Å². The van der Waals surface area contributed by atoms with Crippen molar-refractivity contribution in [3.63, 3.8) is 0 Å². The highest BCUT2D eigenvalue weighted by Crippen LogP contribution is 2.28. The number of amides is 1. The molecule has 26 heavy (non-hydrogen) atoms. The van der Waals surface area contributed by atoms with Crippen molar-refractivity contribution >= 4 is 12.1 Å². The quantitative estimate of drug-likeness (QED) is 0.780. The number of benzene rings is 2. The SMILES string of the molecule is COc1ccc(CN(CC(=O)O)C(=O)OCc2ccccc2)cc1OC. The fourth-order valence-electron chi connectivity index (χ4n) is 2.36. The first kappa shape index (κ1) is 19.1. The molecule has 2 rings (SSSR count). The average molecular weight is 359 g/mol. The fraction of sp³-hybridized carbons (Fsp3) is 0.263. The molecule has 7 heteroatoms. The molecule has 0 spiro atoms. The molecule has 0 aliphatic rings. The van der Waals surface area contributed by atoms with Gasteiger partial charge in [0.15, 0.2) is 11.5 Å². The topological polar surface area (TPSA) is 85.3 Å². The zero-order chi connectivity index (χ0) is 18.9. The van der Waals surface area contributed by atoms with Gasteiger partial charge in [0.1, 0.15) is 13.2 Å². The minimum absolute atomic E-state index is 0.0697. The van der Waals surface area contributed by atoms with Crippen LogP contribution < -0.4 is 9.47 Å². The van der Waals surface area contributed by atoms with Crippen LogP contribution in [0.3, 0.4) is 0 Å². The molecule has 7 nitrogen and oxygen atoms in total. The van der Waals surface area contributed by atoms with E-state index in [2.05, 4.69) is 0 Å². The van der Waals surface area contributed by atoms with E-state index in [4.69, 9.17) is 19.3 Å². The fourth-order valence-corrected chi connectivity index (χ4v) is 2.36. The number of carboxylic acids is 1. The minimum atomic E-state index is -1.12. The second-order valence-corrected chi connectivity index (χ2v) is 5.48. The third kappa shape index (κ3) is 5.41. The highest BCUT2D eigenvalue weighted by molar-refractivity contribution is 5.76. The van der Waals surface area contributed by atoms with Gasteiger partial charge < -0.3 is 19.3 Å². The lowest BCUT2D eigenvalue weighted by atomic mass is 10.2. The monoisotopic (exact) mass is 359 g/mol. The van der Waals surface area contributed by atoms with Crippen LogP contribution in [-0.2, 0) is 22.7 Å². The number of ether oxygens (including phenoxy) is 3. The Balaban J connectivity index is 2.08. The summed E-state index contributed by atoms with van der Waals surface area (Å²) in [4.78, 5) is 24.5. The second kappa shape index (κ2) is 9.31. The Hall–Kier alpha value is -3.22. The molecule has 1 amide bonds. The summed E-state index contributed by atoms with van der Waals surface area (Å²) in [6, 6.07) is 14.3. The van der Waals surface area contributed by atoms with Crippen molar-refractivity contribution in [2.45, 2.75) is 13.2 Å². The Kier molecular flexibility index (Phi) is 6.84. The lowest BCUT2D eigenvalue weighted by molar-refractivity contribution is -0.138. The standard InChI is InChI=1S/C19H21NO6/c1-24-16-9-8-15(10-17(16)25-2)11-20(12-18(21)22)19(23)26-13-14-6-4-3-5-7-14/h3-10H,11-13H2,1-2H3,(H,21,22). The van der Waals surface area contributed by atoms with Gasteiger partial charge in [-0.05, 0) is 23.3 Å². The zero-order valence-corrected chi connectivity index (χ0v) is 14.7. The maximum atomic E-state index is 12.3. The molecule has 138 valence electrons. The van der Waals surface area contributed by atoms with Crippen molar-refractivity contribution < 1.29 is 28.9 Å². The molecule has 1 N–H and O–H groups in total. The highest BCUT2D eigenvalue weighted by Gasteiger charge is 2.19. The number of nitrogens with zero attached hydrogens (tertiary/aromatic N) is 1. The van der Waals surface area contributed by atoms with E-state index in [1.165, 1.54) is 14.2 Å². The second-order valence-electron chi connectivity index (χ2n) is 5.48. The molecule has 0 saturated carbocycles. The Bertz CT molecular complexity index is 747. The molecule has 0 aliphatic heterocycles. The van der Waals surface area contributed by atoms with E-state index in [1.54, 1.807) is 18.2 Å². The van der Waals surface area contributed by atoms with E-state index in [-0.39, 0.29) is 13.2 Å². The van der Waals surface area contributed by atoms with Crippen LogP contribution in [0.25, 0.3) is 0 Å². The first-order valence-electron chi connectivity index (χ1n) is 7.91. The van der Waals surface area contributed by atoms with E-state index in [0.717, 1.165) is 10.5 Å². The van der Waals surface area contributed by atoms with Crippen LogP contribution in [0.4, 0.5) is 4.79 Å². The Morgan fingerprint density at radius 2 is 1.65 bits per heavy atom. The number of hydrogen-bond acceptors (Lipinski definition) is 5. The number of rotatable bonds is 8. The molecule has 0 bridgehead atoms. The number of carboxylic acid groups (broad SMARTS) is 1. The van der Waals surface area contributed by atoms with Crippen LogP contribution in [0.15, 0.2) is 48.5 Å². The molecular weight excluding hydrogens is 338 g/mol. The average Bonchev–Trinajstić information content (AvgIpc) is 2.65. The van der Waals surface area contributed by atoms with Gasteiger partial charge in [-0.25, -0.2) is 4.79 Å². The summed E-state index contributed by atoms with van der Waals surface area (Å²) < 4.78 is 15.6. The maximum Gasteiger partial charge on any atom is 0.410 e. The van der Waals surface area contributed by atoms with Gasteiger partial charge >= 0.3 is 12.1 Å². The summed E-state index contributed by atoms with van der Waals surface area (Å²) in [5, 5.41) is 9.08. The highest BCUT2D eigenvalue weighted by atomic mass is 16.6. The van der Waals surface area contributed by atoms with Crippen molar-refractivity contribution in [2.24, 2.45) is 0 Å². The van der Waals surface area contributed by atoms with Crippen molar-refractivity contribution in [2.75, 3.05) is 20.8 Å². The van der Waals surface area contributed by atoms with Gasteiger partial charge in [-0.1, -0.05) is 36.4 Å². The summed E-state index contributed by atoms with van der Waals surface area (Å²) in [6.45, 7) is -0.329. The van der Waals surface area contributed by atoms with Gasteiger partial charge in [0.25, 0.3) is 0 Å². The van der Waals surface area contributed by atoms with E-state index in [1.807, 2.05) is 30.3 Å². The molecule has 0 unspecified atom stereocenters. The summed E-state index contributed by atoms with van der Waals surface area (Å²) in [5.74, 6) is -0.0762. The summed E-state index contributed by atoms with van der Waals surface area (Å²) in [6.07, 6.45) is -0.703. The van der Waals surface area contributed by atoms with Crippen molar-refractivity contribution in [1.82, 2.24) is 4.90 Å². The molecule has 0 radical (unpaired) electrons. The van der Waals surface area contributed by atoms with Gasteiger partial charge in [0, 0.05) is 6.54 Å². The minimum Gasteiger partial charge on any atom is -0.493 e. The third-order valence-corrected chi connectivity index (χ3v) is 3.61. The lowest BCUT2D eigenvalue weighted by Crippen LogP contribution is -2.35. The number of methoxy groups -OCH3 is 2. The van der Waals surface area contributed by atoms with Crippen LogP contribution in [-0.4, -0.2) is 42.8 Å². The van der Waals surface area contributed by atoms with Gasteiger partial charge in [-0.3, -0.25) is 9.69 Å². The van der Waals surface area contributed by atoms with Crippen LogP contribution in [0, 0.1) is 0 Å². The zero-order valence-electron chi connectivity index (χ0n) is 14.7. The van der Waals surface area contributed by atoms with Crippen molar-refractivity contribution in [3.8, 4) is 11.5 Å². The smallest absolute Gasteiger partial charge is 0.410 e. The van der Waals surface area contributed by atoms with Crippen molar-refractivity contribution in [1.29, 1.82) is 0 Å². The number of carbonyl (C=O) groups excluding carboxylic acids is 1. The summed E-state index contributed by atoms with van der Waals surface area (Å²) in [5.41, 5.74) is 1.52. The molecule has 2 aromatic carbocycles. The molecule has 0 saturated heterocycles. The van der Waals surface area contributed by atoms with Crippen LogP contribution in [0.5, 0.6) is 11.5 Å². The normalized spacial score (nSPS) is 10.1. The molecule has 0 fully saturated rings. The first-order chi connectivity index (χ1) is 12.5. The van der Waals surface area contributed by atoms with Gasteiger partial charge in [0.05, 0.1) is 14.2 Å². The molecule has 0 aliphatic carbocycles. The van der Waals surface area contributed by atoms with Crippen molar-refractivity contribution in [3.05, 3.63) is 59.7 Å². The van der Waals surface area contributed by atoms with Crippen LogP contribution in [0.2, 0.25) is 0 Å².